The Bertz CT molecular complexity index is 256. The summed E-state index contributed by atoms with van der Waals surface area (Å²) in [6, 6.07) is 12.0. The lowest BCUT2D eigenvalue weighted by Gasteiger charge is -1.85. The molecule has 1 aromatic carbocycles. The number of aliphatic hydroxyl groups excluding tert-OH is 2. The fraction of sp³-hybridized carbons (Fsp3) is 0.333. The van der Waals surface area contributed by atoms with Gasteiger partial charge in [0, 0.05) is 0 Å². The number of hydrogen-bond donors (Lipinski definition) is 4. The highest BCUT2D eigenvalue weighted by Crippen LogP contribution is 1.86. The Morgan fingerprint density at radius 2 is 0.889 bits per heavy atom. The van der Waals surface area contributed by atoms with Gasteiger partial charge in [0.05, 0.1) is 26.1 Å². The van der Waals surface area contributed by atoms with Crippen molar-refractivity contribution in [2.45, 2.75) is 12.8 Å². The Labute approximate surface area is 105 Å². The molecule has 0 fully saturated rings. The maximum absolute atomic E-state index is 9.64. The molecular formula is C12H18O6. The van der Waals surface area contributed by atoms with E-state index in [-0.39, 0.29) is 26.1 Å². The van der Waals surface area contributed by atoms with E-state index in [1.165, 1.54) is 0 Å². The van der Waals surface area contributed by atoms with E-state index in [1.807, 2.05) is 36.4 Å². The van der Waals surface area contributed by atoms with Crippen molar-refractivity contribution in [1.29, 1.82) is 0 Å². The van der Waals surface area contributed by atoms with Crippen LogP contribution in [0.2, 0.25) is 0 Å². The number of benzene rings is 1. The van der Waals surface area contributed by atoms with Crippen LogP contribution in [0.1, 0.15) is 12.8 Å². The highest BCUT2D eigenvalue weighted by Gasteiger charge is 2.00. The third kappa shape index (κ3) is 23.7. The number of hydrogen-bond acceptors (Lipinski definition) is 4. The van der Waals surface area contributed by atoms with E-state index >= 15 is 0 Å². The quantitative estimate of drug-likeness (QED) is 0.628. The van der Waals surface area contributed by atoms with Crippen molar-refractivity contribution in [3.8, 4) is 0 Å². The molecule has 18 heavy (non-hydrogen) atoms. The van der Waals surface area contributed by atoms with E-state index < -0.39 is 11.9 Å². The molecule has 0 saturated carbocycles. The van der Waals surface area contributed by atoms with Crippen LogP contribution >= 0.6 is 0 Å². The number of aliphatic carboxylic acids is 2. The van der Waals surface area contributed by atoms with Gasteiger partial charge in [0.25, 0.3) is 0 Å². The molecule has 0 heterocycles. The molecular weight excluding hydrogens is 240 g/mol. The first kappa shape index (κ1) is 18.4. The monoisotopic (exact) mass is 258 g/mol. The predicted octanol–water partition coefficient (Wildman–Crippen LogP) is 0.593. The minimum Gasteiger partial charge on any atom is -0.481 e. The van der Waals surface area contributed by atoms with Crippen molar-refractivity contribution in [3.05, 3.63) is 36.4 Å². The summed E-state index contributed by atoms with van der Waals surface area (Å²) in [6.07, 6.45) is -0.593. The number of carbonyl (C=O) groups is 2. The largest absolute Gasteiger partial charge is 0.481 e. The molecule has 0 bridgehead atoms. The van der Waals surface area contributed by atoms with Crippen LogP contribution in [0.3, 0.4) is 0 Å². The van der Waals surface area contributed by atoms with Crippen molar-refractivity contribution < 1.29 is 30.0 Å². The van der Waals surface area contributed by atoms with Gasteiger partial charge in [-0.25, -0.2) is 0 Å². The molecule has 0 spiro atoms. The van der Waals surface area contributed by atoms with E-state index in [4.69, 9.17) is 20.4 Å². The summed E-state index contributed by atoms with van der Waals surface area (Å²) >= 11 is 0. The van der Waals surface area contributed by atoms with Crippen molar-refractivity contribution >= 4 is 11.9 Å². The SMILES string of the molecule is O=C(O)CCC(=O)O.OCCO.c1ccccc1. The molecule has 0 aliphatic heterocycles. The standard InChI is InChI=1S/C6H6.C4H6O4.C2H6O2/c1-2-4-6-5-3-1;5-3(6)1-2-4(7)8;3-1-2-4/h1-6H;1-2H2,(H,5,6)(H,7,8);3-4H,1-2H2. The Kier molecular flexibility index (Phi) is 15.5. The third-order valence-corrected chi connectivity index (χ3v) is 1.32. The van der Waals surface area contributed by atoms with E-state index in [0.29, 0.717) is 0 Å². The maximum atomic E-state index is 9.64. The molecule has 0 aromatic heterocycles. The van der Waals surface area contributed by atoms with Gasteiger partial charge in [-0.2, -0.15) is 0 Å². The number of carboxylic acids is 2. The van der Waals surface area contributed by atoms with Crippen LogP contribution in [0.25, 0.3) is 0 Å². The second kappa shape index (κ2) is 15.1. The van der Waals surface area contributed by atoms with Gasteiger partial charge in [-0.3, -0.25) is 9.59 Å². The fourth-order valence-electron chi connectivity index (χ4n) is 0.599. The number of aliphatic hydroxyl groups is 2. The minimum atomic E-state index is -1.08. The molecule has 0 radical (unpaired) electrons. The first-order valence-corrected chi connectivity index (χ1v) is 5.20. The zero-order valence-electron chi connectivity index (χ0n) is 9.90. The van der Waals surface area contributed by atoms with E-state index in [0.717, 1.165) is 0 Å². The lowest BCUT2D eigenvalue weighted by molar-refractivity contribution is -0.143. The highest BCUT2D eigenvalue weighted by atomic mass is 16.4. The van der Waals surface area contributed by atoms with Crippen LogP contribution in [0.15, 0.2) is 36.4 Å². The summed E-state index contributed by atoms with van der Waals surface area (Å²) in [6.45, 7) is -0.250. The molecule has 0 unspecified atom stereocenters. The summed E-state index contributed by atoms with van der Waals surface area (Å²) in [4.78, 5) is 19.3. The summed E-state index contributed by atoms with van der Waals surface area (Å²) in [7, 11) is 0. The summed E-state index contributed by atoms with van der Waals surface area (Å²) < 4.78 is 0. The minimum absolute atomic E-state index is 0.125. The topological polar surface area (TPSA) is 115 Å². The number of carboxylic acid groups (broad SMARTS) is 2. The van der Waals surface area contributed by atoms with Crippen molar-refractivity contribution in [3.63, 3.8) is 0 Å². The van der Waals surface area contributed by atoms with E-state index in [9.17, 15) is 9.59 Å². The Morgan fingerprint density at radius 3 is 1.00 bits per heavy atom. The van der Waals surface area contributed by atoms with E-state index in [1.54, 1.807) is 0 Å². The third-order valence-electron chi connectivity index (χ3n) is 1.32. The lowest BCUT2D eigenvalue weighted by atomic mass is 10.3. The van der Waals surface area contributed by atoms with Crippen LogP contribution in [-0.4, -0.2) is 45.6 Å². The lowest BCUT2D eigenvalue weighted by Crippen LogP contribution is -2.00. The van der Waals surface area contributed by atoms with Gasteiger partial charge in [0.2, 0.25) is 0 Å². The Hall–Kier alpha value is -1.92. The van der Waals surface area contributed by atoms with Gasteiger partial charge < -0.3 is 20.4 Å². The van der Waals surface area contributed by atoms with Gasteiger partial charge >= 0.3 is 11.9 Å². The second-order valence-electron chi connectivity index (χ2n) is 2.89. The second-order valence-corrected chi connectivity index (χ2v) is 2.89. The molecule has 6 nitrogen and oxygen atoms in total. The smallest absolute Gasteiger partial charge is 0.303 e. The summed E-state index contributed by atoms with van der Waals surface area (Å²) in [5.74, 6) is -2.15. The Balaban J connectivity index is 0. The molecule has 102 valence electrons. The Morgan fingerprint density at radius 1 is 0.667 bits per heavy atom. The molecule has 0 aliphatic carbocycles. The average molecular weight is 258 g/mol. The molecule has 0 atom stereocenters. The van der Waals surface area contributed by atoms with E-state index in [2.05, 4.69) is 0 Å². The van der Waals surface area contributed by atoms with Crippen molar-refractivity contribution in [2.75, 3.05) is 13.2 Å². The van der Waals surface area contributed by atoms with Crippen molar-refractivity contribution in [1.82, 2.24) is 0 Å². The molecule has 4 N–H and O–H groups in total. The van der Waals surface area contributed by atoms with Crippen LogP contribution in [-0.2, 0) is 9.59 Å². The molecule has 1 rings (SSSR count). The van der Waals surface area contributed by atoms with Crippen LogP contribution in [0.5, 0.6) is 0 Å². The van der Waals surface area contributed by atoms with Gasteiger partial charge in [0.1, 0.15) is 0 Å². The van der Waals surface area contributed by atoms with Gasteiger partial charge in [-0.05, 0) is 0 Å². The zero-order chi connectivity index (χ0) is 14.2. The molecule has 0 amide bonds. The van der Waals surface area contributed by atoms with Crippen LogP contribution < -0.4 is 0 Å². The first-order valence-electron chi connectivity index (χ1n) is 5.20. The molecule has 0 saturated heterocycles. The predicted molar refractivity (Wildman–Crippen MR) is 65.1 cm³/mol. The average Bonchev–Trinajstić information content (AvgIpc) is 2.39. The fourth-order valence-corrected chi connectivity index (χ4v) is 0.599. The summed E-state index contributed by atoms with van der Waals surface area (Å²) in [5.41, 5.74) is 0. The van der Waals surface area contributed by atoms with Gasteiger partial charge in [0.15, 0.2) is 0 Å². The van der Waals surface area contributed by atoms with Gasteiger partial charge in [-0.1, -0.05) is 36.4 Å². The summed E-state index contributed by atoms with van der Waals surface area (Å²) in [5, 5.41) is 31.0. The first-order chi connectivity index (χ1) is 8.54. The molecule has 6 heteroatoms. The van der Waals surface area contributed by atoms with Crippen LogP contribution in [0, 0.1) is 0 Å². The van der Waals surface area contributed by atoms with Crippen molar-refractivity contribution in [2.24, 2.45) is 0 Å². The number of rotatable bonds is 4. The normalized spacial score (nSPS) is 8.11. The zero-order valence-corrected chi connectivity index (χ0v) is 9.90. The molecule has 1 aromatic rings. The molecule has 0 aliphatic rings. The van der Waals surface area contributed by atoms with Gasteiger partial charge in [-0.15, -0.1) is 0 Å². The highest BCUT2D eigenvalue weighted by molar-refractivity contribution is 5.75. The van der Waals surface area contributed by atoms with Crippen LogP contribution in [0.4, 0.5) is 0 Å². The maximum Gasteiger partial charge on any atom is 0.303 e.